The van der Waals surface area contributed by atoms with E-state index in [2.05, 4.69) is 72.4 Å². The van der Waals surface area contributed by atoms with Crippen LogP contribution in [0.2, 0.25) is 18.1 Å². The Labute approximate surface area is 150 Å². The van der Waals surface area contributed by atoms with Gasteiger partial charge in [-0.05, 0) is 49.7 Å². The molecule has 1 nitrogen and oxygen atoms in total. The van der Waals surface area contributed by atoms with Crippen molar-refractivity contribution in [2.45, 2.75) is 66.6 Å². The molecule has 2 atom stereocenters. The molecule has 24 heavy (non-hydrogen) atoms. The lowest BCUT2D eigenvalue weighted by Gasteiger charge is -2.34. The molecule has 2 unspecified atom stereocenters. The Balaban J connectivity index is 2.97. The lowest BCUT2D eigenvalue weighted by Crippen LogP contribution is -2.37. The highest BCUT2D eigenvalue weighted by Gasteiger charge is 2.33. The standard InChI is InChI=1S/C22H34OSi/c1-8-24(9-2,10-3)23-22(18(4)5)20(7)19(6)16-17-21-14-12-11-13-15-21/h11-15,19-20H,8-10H2,1-7H3. The van der Waals surface area contributed by atoms with Gasteiger partial charge in [-0.15, -0.1) is 0 Å². The molecular formula is C22H34OSi. The molecule has 0 N–H and O–H groups in total. The highest BCUT2D eigenvalue weighted by molar-refractivity contribution is 6.73. The second-order valence-corrected chi connectivity index (χ2v) is 11.6. The number of rotatable bonds is 7. The molecule has 1 aromatic rings. The van der Waals surface area contributed by atoms with Crippen LogP contribution in [-0.2, 0) is 4.43 Å². The molecule has 0 amide bonds. The summed E-state index contributed by atoms with van der Waals surface area (Å²) in [6.07, 6.45) is 0. The molecular weight excluding hydrogens is 308 g/mol. The van der Waals surface area contributed by atoms with Crippen LogP contribution >= 0.6 is 0 Å². The third kappa shape index (κ3) is 5.56. The number of hydrogen-bond acceptors (Lipinski definition) is 1. The van der Waals surface area contributed by atoms with E-state index in [1.54, 1.807) is 0 Å². The maximum atomic E-state index is 6.73. The summed E-state index contributed by atoms with van der Waals surface area (Å²) in [5, 5.41) is 0. The second-order valence-electron chi connectivity index (χ2n) is 6.92. The van der Waals surface area contributed by atoms with Crippen molar-refractivity contribution in [3.05, 3.63) is 47.2 Å². The summed E-state index contributed by atoms with van der Waals surface area (Å²) in [4.78, 5) is 0. The molecule has 1 rings (SSSR count). The van der Waals surface area contributed by atoms with Crippen molar-refractivity contribution in [3.63, 3.8) is 0 Å². The summed E-state index contributed by atoms with van der Waals surface area (Å²) in [7, 11) is -1.64. The van der Waals surface area contributed by atoms with E-state index in [4.69, 9.17) is 4.43 Å². The van der Waals surface area contributed by atoms with Crippen LogP contribution in [0.15, 0.2) is 41.7 Å². The van der Waals surface area contributed by atoms with Crippen molar-refractivity contribution in [3.8, 4) is 11.8 Å². The normalized spacial score (nSPS) is 13.5. The number of benzene rings is 1. The van der Waals surface area contributed by atoms with Crippen LogP contribution in [0.1, 0.15) is 54.0 Å². The van der Waals surface area contributed by atoms with Crippen molar-refractivity contribution < 1.29 is 4.43 Å². The van der Waals surface area contributed by atoms with Crippen LogP contribution in [0.25, 0.3) is 0 Å². The molecule has 0 fully saturated rings. The Hall–Kier alpha value is -1.46. The van der Waals surface area contributed by atoms with E-state index < -0.39 is 8.32 Å². The lowest BCUT2D eigenvalue weighted by molar-refractivity contribution is 0.310. The zero-order chi connectivity index (χ0) is 18.2. The van der Waals surface area contributed by atoms with Gasteiger partial charge in [-0.2, -0.15) is 0 Å². The quantitative estimate of drug-likeness (QED) is 0.307. The minimum Gasteiger partial charge on any atom is -0.546 e. The van der Waals surface area contributed by atoms with Gasteiger partial charge in [-0.1, -0.05) is 64.7 Å². The predicted molar refractivity (Wildman–Crippen MR) is 108 cm³/mol. The van der Waals surface area contributed by atoms with E-state index in [0.717, 1.165) is 5.56 Å². The number of allylic oxidation sites excluding steroid dienone is 2. The van der Waals surface area contributed by atoms with Gasteiger partial charge in [0.2, 0.25) is 8.32 Å². The maximum Gasteiger partial charge on any atom is 0.250 e. The monoisotopic (exact) mass is 342 g/mol. The SMILES string of the molecule is CC[Si](CC)(CC)OC(=C(C)C)C(C)C(C)C#Cc1ccccc1. The average Bonchev–Trinajstić information content (AvgIpc) is 2.61. The molecule has 0 saturated carbocycles. The lowest BCUT2D eigenvalue weighted by atomic mass is 9.92. The largest absolute Gasteiger partial charge is 0.546 e. The predicted octanol–water partition coefficient (Wildman–Crippen LogP) is 6.63. The van der Waals surface area contributed by atoms with E-state index in [0.29, 0.717) is 5.92 Å². The van der Waals surface area contributed by atoms with Gasteiger partial charge in [0.1, 0.15) is 0 Å². The molecule has 1 aromatic carbocycles. The van der Waals surface area contributed by atoms with Crippen molar-refractivity contribution in [2.75, 3.05) is 0 Å². The molecule has 0 aliphatic heterocycles. The van der Waals surface area contributed by atoms with Gasteiger partial charge in [-0.3, -0.25) is 0 Å². The molecule has 0 saturated heterocycles. The summed E-state index contributed by atoms with van der Waals surface area (Å²) >= 11 is 0. The molecule has 0 bridgehead atoms. The summed E-state index contributed by atoms with van der Waals surface area (Å²) in [5.74, 6) is 8.51. The van der Waals surface area contributed by atoms with Gasteiger partial charge in [0.15, 0.2) is 0 Å². The Morgan fingerprint density at radius 2 is 1.54 bits per heavy atom. The molecule has 0 heterocycles. The average molecular weight is 343 g/mol. The van der Waals surface area contributed by atoms with Gasteiger partial charge >= 0.3 is 0 Å². The Kier molecular flexibility index (Phi) is 8.35. The first-order chi connectivity index (χ1) is 11.4. The highest BCUT2D eigenvalue weighted by atomic mass is 28.4. The van der Waals surface area contributed by atoms with E-state index in [-0.39, 0.29) is 5.92 Å². The van der Waals surface area contributed by atoms with Crippen molar-refractivity contribution in [1.29, 1.82) is 0 Å². The van der Waals surface area contributed by atoms with Crippen LogP contribution in [0.5, 0.6) is 0 Å². The van der Waals surface area contributed by atoms with E-state index in [9.17, 15) is 0 Å². The van der Waals surface area contributed by atoms with Gasteiger partial charge < -0.3 is 4.43 Å². The van der Waals surface area contributed by atoms with Crippen molar-refractivity contribution >= 4 is 8.32 Å². The zero-order valence-corrected chi connectivity index (χ0v) is 17.6. The molecule has 0 aromatic heterocycles. The van der Waals surface area contributed by atoms with Crippen molar-refractivity contribution in [2.24, 2.45) is 11.8 Å². The first-order valence-corrected chi connectivity index (χ1v) is 11.8. The first-order valence-electron chi connectivity index (χ1n) is 9.32. The first kappa shape index (κ1) is 20.6. The molecule has 2 heteroatoms. The van der Waals surface area contributed by atoms with E-state index in [1.807, 2.05) is 18.2 Å². The minimum atomic E-state index is -1.64. The van der Waals surface area contributed by atoms with Crippen LogP contribution in [0.4, 0.5) is 0 Å². The zero-order valence-electron chi connectivity index (χ0n) is 16.6. The molecule has 0 aliphatic carbocycles. The maximum absolute atomic E-state index is 6.73. The van der Waals surface area contributed by atoms with Crippen LogP contribution in [0.3, 0.4) is 0 Å². The Morgan fingerprint density at radius 3 is 2.00 bits per heavy atom. The summed E-state index contributed by atoms with van der Waals surface area (Å²) in [5.41, 5.74) is 2.37. The summed E-state index contributed by atoms with van der Waals surface area (Å²) in [6.45, 7) is 15.7. The van der Waals surface area contributed by atoms with Crippen LogP contribution in [0, 0.1) is 23.7 Å². The molecule has 0 radical (unpaired) electrons. The van der Waals surface area contributed by atoms with Crippen molar-refractivity contribution in [1.82, 2.24) is 0 Å². The topological polar surface area (TPSA) is 9.23 Å². The fourth-order valence-electron chi connectivity index (χ4n) is 2.92. The molecule has 132 valence electrons. The minimum absolute atomic E-state index is 0.271. The third-order valence-electron chi connectivity index (χ3n) is 5.13. The van der Waals surface area contributed by atoms with Gasteiger partial charge in [-0.25, -0.2) is 0 Å². The Bertz CT molecular complexity index is 575. The Morgan fingerprint density at radius 1 is 1.00 bits per heavy atom. The fraction of sp³-hybridized carbons (Fsp3) is 0.545. The summed E-state index contributed by atoms with van der Waals surface area (Å²) < 4.78 is 6.73. The fourth-order valence-corrected chi connectivity index (χ4v) is 5.71. The molecule has 0 spiro atoms. The highest BCUT2D eigenvalue weighted by Crippen LogP contribution is 2.32. The third-order valence-corrected chi connectivity index (χ3v) is 9.65. The van der Waals surface area contributed by atoms with Gasteiger partial charge in [0.25, 0.3) is 0 Å². The van der Waals surface area contributed by atoms with Crippen LogP contribution in [-0.4, -0.2) is 8.32 Å². The second kappa shape index (κ2) is 9.74. The molecule has 0 aliphatic rings. The smallest absolute Gasteiger partial charge is 0.250 e. The summed E-state index contributed by atoms with van der Waals surface area (Å²) in [6, 6.07) is 13.7. The van der Waals surface area contributed by atoms with E-state index >= 15 is 0 Å². The van der Waals surface area contributed by atoms with Crippen LogP contribution < -0.4 is 0 Å². The van der Waals surface area contributed by atoms with E-state index in [1.165, 1.54) is 29.5 Å². The van der Waals surface area contributed by atoms with Gasteiger partial charge in [0.05, 0.1) is 5.76 Å². The number of hydrogen-bond donors (Lipinski definition) is 0. The van der Waals surface area contributed by atoms with Gasteiger partial charge in [0, 0.05) is 17.4 Å².